The monoisotopic (exact) mass is 303 g/mol. The van der Waals surface area contributed by atoms with Crippen LogP contribution in [0.4, 0.5) is 0 Å². The Labute approximate surface area is 155 Å². The van der Waals surface area contributed by atoms with Crippen LogP contribution in [0.15, 0.2) is 12.2 Å². The predicted molar refractivity (Wildman–Crippen MR) is 99.0 cm³/mol. The maximum atomic E-state index is 2.72. The smallest absolute Gasteiger partial charge is 1.00 e. The summed E-state index contributed by atoms with van der Waals surface area (Å²) in [6, 6.07) is 0. The van der Waals surface area contributed by atoms with Gasteiger partial charge in [-0.1, -0.05) is 78.4 Å². The first-order chi connectivity index (χ1) is 10.2. The second kappa shape index (κ2) is 17.6. The zero-order chi connectivity index (χ0) is 15.9. The van der Waals surface area contributed by atoms with Crippen molar-refractivity contribution in [3.8, 4) is 0 Å². The Bertz CT molecular complexity index is 228. The summed E-state index contributed by atoms with van der Waals surface area (Å²) in [5.41, 5.74) is 0. The Hall–Kier alpha value is 0.297. The summed E-state index contributed by atoms with van der Waals surface area (Å²) in [4.78, 5) is 2.72. The van der Waals surface area contributed by atoms with Crippen molar-refractivity contribution in [3.63, 3.8) is 0 Å². The van der Waals surface area contributed by atoms with Crippen LogP contribution in [0.2, 0.25) is 0 Å². The van der Waals surface area contributed by atoms with Crippen LogP contribution in [0.3, 0.4) is 0 Å². The van der Waals surface area contributed by atoms with Crippen molar-refractivity contribution in [2.75, 3.05) is 19.6 Å². The Morgan fingerprint density at radius 1 is 0.864 bits per heavy atom. The van der Waals surface area contributed by atoms with Gasteiger partial charge in [-0.25, -0.2) is 0 Å². The molecule has 2 heteroatoms. The first-order valence-electron chi connectivity index (χ1n) is 9.55. The van der Waals surface area contributed by atoms with Crippen molar-refractivity contribution >= 4 is 0 Å². The van der Waals surface area contributed by atoms with E-state index in [0.29, 0.717) is 0 Å². The van der Waals surface area contributed by atoms with E-state index < -0.39 is 0 Å². The molecular formula is C20H42LiN. The molecule has 0 aromatic rings. The van der Waals surface area contributed by atoms with Gasteiger partial charge in [-0.2, -0.15) is 0 Å². The number of rotatable bonds is 14. The van der Waals surface area contributed by atoms with Gasteiger partial charge in [0.05, 0.1) is 0 Å². The van der Waals surface area contributed by atoms with Crippen LogP contribution >= 0.6 is 0 Å². The van der Waals surface area contributed by atoms with Gasteiger partial charge in [0.2, 0.25) is 0 Å². The first kappa shape index (κ1) is 24.5. The number of hydrogen-bond donors (Lipinski definition) is 0. The van der Waals surface area contributed by atoms with Crippen LogP contribution in [0.25, 0.3) is 0 Å². The molecule has 2 atom stereocenters. The number of allylic oxidation sites excluding steroid dienone is 1. The normalized spacial score (nSPS) is 14.3. The van der Waals surface area contributed by atoms with Gasteiger partial charge in [-0.3, -0.25) is 4.90 Å². The van der Waals surface area contributed by atoms with Crippen molar-refractivity contribution in [1.29, 1.82) is 0 Å². The fraction of sp³-hybridized carbons (Fsp3) is 0.900. The van der Waals surface area contributed by atoms with E-state index in [1.54, 1.807) is 0 Å². The van der Waals surface area contributed by atoms with E-state index in [-0.39, 0.29) is 20.3 Å². The molecule has 0 radical (unpaired) electrons. The van der Waals surface area contributed by atoms with E-state index in [1.165, 1.54) is 64.5 Å². The third-order valence-electron chi connectivity index (χ3n) is 4.72. The molecule has 0 aliphatic rings. The summed E-state index contributed by atoms with van der Waals surface area (Å²) < 4.78 is 0. The quantitative estimate of drug-likeness (QED) is 0.351. The number of hydrogen-bond acceptors (Lipinski definition) is 1. The summed E-state index contributed by atoms with van der Waals surface area (Å²) in [5.74, 6) is 1.78. The Morgan fingerprint density at radius 3 is 1.64 bits per heavy atom. The molecule has 2 unspecified atom stereocenters. The SMILES string of the molecule is CC=CCN(CC(CC)CCCC)CC(CC)CCCC.[H-].[Li+]. The Balaban J connectivity index is -0.00000200. The Morgan fingerprint density at radius 2 is 1.32 bits per heavy atom. The summed E-state index contributed by atoms with van der Waals surface area (Å²) >= 11 is 0. The van der Waals surface area contributed by atoms with Gasteiger partial charge < -0.3 is 1.43 Å². The van der Waals surface area contributed by atoms with Crippen molar-refractivity contribution in [1.82, 2.24) is 4.90 Å². The van der Waals surface area contributed by atoms with Crippen LogP contribution in [-0.4, -0.2) is 24.5 Å². The molecule has 0 spiro atoms. The number of unbranched alkanes of at least 4 members (excludes halogenated alkanes) is 2. The topological polar surface area (TPSA) is 3.24 Å². The third-order valence-corrected chi connectivity index (χ3v) is 4.72. The second-order valence-corrected chi connectivity index (χ2v) is 6.62. The van der Waals surface area contributed by atoms with Crippen molar-refractivity contribution < 1.29 is 20.3 Å². The molecule has 0 saturated heterocycles. The van der Waals surface area contributed by atoms with Gasteiger partial charge in [0.25, 0.3) is 0 Å². The van der Waals surface area contributed by atoms with Crippen LogP contribution < -0.4 is 18.9 Å². The van der Waals surface area contributed by atoms with Crippen LogP contribution in [0, 0.1) is 11.8 Å². The minimum atomic E-state index is 0. The van der Waals surface area contributed by atoms with E-state index >= 15 is 0 Å². The molecule has 1 nitrogen and oxygen atoms in total. The molecule has 0 aliphatic heterocycles. The van der Waals surface area contributed by atoms with E-state index in [9.17, 15) is 0 Å². The van der Waals surface area contributed by atoms with Gasteiger partial charge in [-0.05, 0) is 31.6 Å². The molecule has 0 amide bonds. The summed E-state index contributed by atoms with van der Waals surface area (Å²) in [7, 11) is 0. The van der Waals surface area contributed by atoms with Gasteiger partial charge in [-0.15, -0.1) is 0 Å². The van der Waals surface area contributed by atoms with E-state index in [4.69, 9.17) is 0 Å². The molecule has 0 N–H and O–H groups in total. The predicted octanol–water partition coefficient (Wildman–Crippen LogP) is 3.41. The fourth-order valence-electron chi connectivity index (χ4n) is 3.04. The largest absolute Gasteiger partial charge is 1.00 e. The molecule has 0 rings (SSSR count). The zero-order valence-electron chi connectivity index (χ0n) is 17.5. The van der Waals surface area contributed by atoms with Crippen molar-refractivity contribution in [2.45, 2.75) is 86.0 Å². The van der Waals surface area contributed by atoms with Crippen LogP contribution in [0.5, 0.6) is 0 Å². The zero-order valence-corrected chi connectivity index (χ0v) is 16.5. The van der Waals surface area contributed by atoms with E-state index in [1.807, 2.05) is 0 Å². The average Bonchev–Trinajstić information content (AvgIpc) is 2.52. The molecule has 22 heavy (non-hydrogen) atoms. The van der Waals surface area contributed by atoms with Gasteiger partial charge in [0, 0.05) is 19.6 Å². The summed E-state index contributed by atoms with van der Waals surface area (Å²) in [5, 5.41) is 0. The maximum Gasteiger partial charge on any atom is 1.00 e. The maximum absolute atomic E-state index is 2.72. The molecule has 0 heterocycles. The van der Waals surface area contributed by atoms with Crippen LogP contribution in [0.1, 0.15) is 87.4 Å². The Kier molecular flexibility index (Phi) is 19.7. The third kappa shape index (κ3) is 12.8. The molecule has 0 aromatic heterocycles. The minimum Gasteiger partial charge on any atom is -1.00 e. The van der Waals surface area contributed by atoms with Gasteiger partial charge in [0.15, 0.2) is 0 Å². The molecule has 0 saturated carbocycles. The van der Waals surface area contributed by atoms with Crippen LogP contribution in [-0.2, 0) is 0 Å². The summed E-state index contributed by atoms with van der Waals surface area (Å²) in [6.45, 7) is 15.2. The molecular weight excluding hydrogens is 261 g/mol. The fourth-order valence-corrected chi connectivity index (χ4v) is 3.04. The molecule has 0 aliphatic carbocycles. The standard InChI is InChI=1S/C20H41N.Li.H/c1-6-11-14-19(9-4)17-21(16-13-8-3)18-20(10-5)15-12-7-2;;/h8,13,19-20H,6-7,9-12,14-18H2,1-5H3;;/q;+1;-1. The first-order valence-corrected chi connectivity index (χ1v) is 9.55. The average molecular weight is 304 g/mol. The van der Waals surface area contributed by atoms with Gasteiger partial charge in [0.1, 0.15) is 0 Å². The molecule has 128 valence electrons. The van der Waals surface area contributed by atoms with Gasteiger partial charge >= 0.3 is 18.9 Å². The minimum absolute atomic E-state index is 0. The molecule has 0 bridgehead atoms. The molecule has 0 fully saturated rings. The second-order valence-electron chi connectivity index (χ2n) is 6.62. The van der Waals surface area contributed by atoms with E-state index in [0.717, 1.165) is 18.4 Å². The number of nitrogens with zero attached hydrogens (tertiary/aromatic N) is 1. The van der Waals surface area contributed by atoms with Crippen molar-refractivity contribution in [3.05, 3.63) is 12.2 Å². The molecule has 0 aromatic carbocycles. The van der Waals surface area contributed by atoms with E-state index in [2.05, 4.69) is 51.7 Å². The van der Waals surface area contributed by atoms with Crippen molar-refractivity contribution in [2.24, 2.45) is 11.8 Å². The summed E-state index contributed by atoms with van der Waals surface area (Å²) in [6.07, 6.45) is 15.5.